The van der Waals surface area contributed by atoms with Crippen LogP contribution in [0.25, 0.3) is 0 Å². The third-order valence-electron chi connectivity index (χ3n) is 3.34. The van der Waals surface area contributed by atoms with Crippen molar-refractivity contribution in [1.29, 1.82) is 0 Å². The molecule has 0 aromatic heterocycles. The highest BCUT2D eigenvalue weighted by atomic mass is 16.5. The molecule has 0 aliphatic heterocycles. The van der Waals surface area contributed by atoms with Crippen LogP contribution in [-0.2, 0) is 4.79 Å². The Morgan fingerprint density at radius 3 is 2.14 bits per heavy atom. The van der Waals surface area contributed by atoms with Crippen molar-refractivity contribution in [2.45, 2.75) is 39.5 Å². The molecule has 0 bridgehead atoms. The monoisotopic (exact) mass is 293 g/mol. The second kappa shape index (κ2) is 10.1. The average Bonchev–Trinajstić information content (AvgIpc) is 2.53. The maximum atomic E-state index is 12.3. The lowest BCUT2D eigenvalue weighted by atomic mass is 10.2. The first kappa shape index (κ1) is 17.3. The zero-order chi connectivity index (χ0) is 15.5. The minimum atomic E-state index is 0.0443. The Morgan fingerprint density at radius 1 is 1.05 bits per heavy atom. The van der Waals surface area contributed by atoms with Gasteiger partial charge in [-0.15, -0.1) is 0 Å². The molecule has 0 saturated heterocycles. The summed E-state index contributed by atoms with van der Waals surface area (Å²) in [6, 6.07) is 7.39. The van der Waals surface area contributed by atoms with Gasteiger partial charge < -0.3 is 14.4 Å². The average molecular weight is 293 g/mol. The zero-order valence-corrected chi connectivity index (χ0v) is 13.4. The van der Waals surface area contributed by atoms with Gasteiger partial charge in [-0.1, -0.05) is 38.8 Å². The Labute approximate surface area is 128 Å². The molecule has 0 unspecified atom stereocenters. The molecule has 0 aliphatic rings. The Kier molecular flexibility index (Phi) is 8.32. The van der Waals surface area contributed by atoms with E-state index in [1.54, 1.807) is 7.11 Å². The first-order chi connectivity index (χ1) is 10.2. The smallest absolute Gasteiger partial charge is 0.260 e. The number of rotatable bonds is 10. The highest BCUT2D eigenvalue weighted by Gasteiger charge is 2.14. The van der Waals surface area contributed by atoms with Crippen LogP contribution in [0, 0.1) is 0 Å². The van der Waals surface area contributed by atoms with Crippen molar-refractivity contribution < 1.29 is 14.3 Å². The van der Waals surface area contributed by atoms with Gasteiger partial charge in [0, 0.05) is 13.1 Å². The summed E-state index contributed by atoms with van der Waals surface area (Å²) in [5, 5.41) is 0. The number of unbranched alkanes of at least 4 members (excludes halogenated alkanes) is 2. The first-order valence-corrected chi connectivity index (χ1v) is 7.76. The fourth-order valence-corrected chi connectivity index (χ4v) is 2.03. The highest BCUT2D eigenvalue weighted by molar-refractivity contribution is 5.77. The lowest BCUT2D eigenvalue weighted by molar-refractivity contribution is -0.133. The van der Waals surface area contributed by atoms with Crippen molar-refractivity contribution >= 4 is 5.91 Å². The quantitative estimate of drug-likeness (QED) is 0.662. The highest BCUT2D eigenvalue weighted by Crippen LogP contribution is 2.25. The summed E-state index contributed by atoms with van der Waals surface area (Å²) in [7, 11) is 1.60. The number of para-hydroxylation sites is 2. The lowest BCUT2D eigenvalue weighted by Crippen LogP contribution is -2.36. The molecule has 1 aromatic rings. The molecule has 4 nitrogen and oxygen atoms in total. The summed E-state index contributed by atoms with van der Waals surface area (Å²) in [5.74, 6) is 1.31. The van der Waals surface area contributed by atoms with E-state index in [1.807, 2.05) is 29.2 Å². The van der Waals surface area contributed by atoms with Gasteiger partial charge in [-0.25, -0.2) is 0 Å². The van der Waals surface area contributed by atoms with Gasteiger partial charge in [0.1, 0.15) is 0 Å². The van der Waals surface area contributed by atoms with Crippen LogP contribution in [0.5, 0.6) is 11.5 Å². The Morgan fingerprint density at radius 2 is 1.62 bits per heavy atom. The van der Waals surface area contributed by atoms with Gasteiger partial charge in [-0.05, 0) is 25.0 Å². The molecular weight excluding hydrogens is 266 g/mol. The number of carbonyl (C=O) groups excluding carboxylic acids is 1. The number of benzene rings is 1. The van der Waals surface area contributed by atoms with E-state index in [1.165, 1.54) is 0 Å². The molecule has 0 aliphatic carbocycles. The standard InChI is InChI=1S/C17H27NO3/c1-4-6-12-18(13-7-5-2)17(19)14-21-16-11-9-8-10-15(16)20-3/h8-11H,4-7,12-14H2,1-3H3. The van der Waals surface area contributed by atoms with Crippen molar-refractivity contribution in [3.63, 3.8) is 0 Å². The van der Waals surface area contributed by atoms with Crippen molar-refractivity contribution in [3.8, 4) is 11.5 Å². The van der Waals surface area contributed by atoms with Crippen LogP contribution in [0.15, 0.2) is 24.3 Å². The Balaban J connectivity index is 2.55. The number of hydrogen-bond donors (Lipinski definition) is 0. The van der Waals surface area contributed by atoms with Crippen molar-refractivity contribution in [3.05, 3.63) is 24.3 Å². The normalized spacial score (nSPS) is 10.2. The van der Waals surface area contributed by atoms with Crippen molar-refractivity contribution in [2.24, 2.45) is 0 Å². The Hall–Kier alpha value is -1.71. The number of carbonyl (C=O) groups is 1. The largest absolute Gasteiger partial charge is 0.493 e. The van der Waals surface area contributed by atoms with E-state index in [4.69, 9.17) is 9.47 Å². The summed E-state index contributed by atoms with van der Waals surface area (Å²) in [6.07, 6.45) is 4.24. The fraction of sp³-hybridized carbons (Fsp3) is 0.588. The maximum absolute atomic E-state index is 12.3. The van der Waals surface area contributed by atoms with Crippen LogP contribution in [0.4, 0.5) is 0 Å². The van der Waals surface area contributed by atoms with Crippen LogP contribution in [-0.4, -0.2) is 37.6 Å². The molecule has 21 heavy (non-hydrogen) atoms. The molecule has 4 heteroatoms. The minimum absolute atomic E-state index is 0.0443. The van der Waals surface area contributed by atoms with Crippen LogP contribution in [0.1, 0.15) is 39.5 Å². The van der Waals surface area contributed by atoms with E-state index in [0.717, 1.165) is 38.8 Å². The molecule has 0 N–H and O–H groups in total. The number of hydrogen-bond acceptors (Lipinski definition) is 3. The number of amides is 1. The SMILES string of the molecule is CCCCN(CCCC)C(=O)COc1ccccc1OC. The maximum Gasteiger partial charge on any atom is 0.260 e. The van der Waals surface area contributed by atoms with Gasteiger partial charge in [0.25, 0.3) is 5.91 Å². The van der Waals surface area contributed by atoms with Gasteiger partial charge in [0.15, 0.2) is 18.1 Å². The fourth-order valence-electron chi connectivity index (χ4n) is 2.03. The summed E-state index contributed by atoms with van der Waals surface area (Å²) in [5.41, 5.74) is 0. The molecule has 1 aromatic carbocycles. The molecular formula is C17H27NO3. The van der Waals surface area contributed by atoms with Crippen LogP contribution < -0.4 is 9.47 Å². The summed E-state index contributed by atoms with van der Waals surface area (Å²) < 4.78 is 10.8. The van der Waals surface area contributed by atoms with Gasteiger partial charge in [0.05, 0.1) is 7.11 Å². The van der Waals surface area contributed by atoms with Crippen molar-refractivity contribution in [2.75, 3.05) is 26.8 Å². The van der Waals surface area contributed by atoms with Gasteiger partial charge >= 0.3 is 0 Å². The topological polar surface area (TPSA) is 38.8 Å². The van der Waals surface area contributed by atoms with Crippen LogP contribution in [0.3, 0.4) is 0 Å². The van der Waals surface area contributed by atoms with Crippen LogP contribution >= 0.6 is 0 Å². The molecule has 0 heterocycles. The number of ether oxygens (including phenoxy) is 2. The Bertz CT molecular complexity index is 412. The summed E-state index contributed by atoms with van der Waals surface area (Å²) in [4.78, 5) is 14.2. The lowest BCUT2D eigenvalue weighted by Gasteiger charge is -2.22. The third kappa shape index (κ3) is 6.06. The predicted octanol–water partition coefficient (Wildman–Crippen LogP) is 3.50. The minimum Gasteiger partial charge on any atom is -0.493 e. The van der Waals surface area contributed by atoms with Gasteiger partial charge in [-0.2, -0.15) is 0 Å². The summed E-state index contributed by atoms with van der Waals surface area (Å²) in [6.45, 7) is 5.95. The van der Waals surface area contributed by atoms with Gasteiger partial charge in [-0.3, -0.25) is 4.79 Å². The van der Waals surface area contributed by atoms with E-state index >= 15 is 0 Å². The van der Waals surface area contributed by atoms with Crippen LogP contribution in [0.2, 0.25) is 0 Å². The predicted molar refractivity (Wildman–Crippen MR) is 84.9 cm³/mol. The van der Waals surface area contributed by atoms with E-state index in [2.05, 4.69) is 13.8 Å². The molecule has 118 valence electrons. The van der Waals surface area contributed by atoms with Gasteiger partial charge in [0.2, 0.25) is 0 Å². The zero-order valence-electron chi connectivity index (χ0n) is 13.4. The third-order valence-corrected chi connectivity index (χ3v) is 3.34. The molecule has 0 fully saturated rings. The van der Waals surface area contributed by atoms with E-state index in [-0.39, 0.29) is 12.5 Å². The molecule has 0 radical (unpaired) electrons. The molecule has 0 atom stereocenters. The molecule has 1 rings (SSSR count). The molecule has 0 spiro atoms. The molecule has 0 saturated carbocycles. The molecule has 1 amide bonds. The van der Waals surface area contributed by atoms with E-state index in [0.29, 0.717) is 11.5 Å². The summed E-state index contributed by atoms with van der Waals surface area (Å²) >= 11 is 0. The second-order valence-corrected chi connectivity index (χ2v) is 5.03. The van der Waals surface area contributed by atoms with E-state index < -0.39 is 0 Å². The van der Waals surface area contributed by atoms with Crippen molar-refractivity contribution in [1.82, 2.24) is 4.90 Å². The number of methoxy groups -OCH3 is 1. The van der Waals surface area contributed by atoms with E-state index in [9.17, 15) is 4.79 Å². The first-order valence-electron chi connectivity index (χ1n) is 7.76. The second-order valence-electron chi connectivity index (χ2n) is 5.03. The number of nitrogens with zero attached hydrogens (tertiary/aromatic N) is 1.